The quantitative estimate of drug-likeness (QED) is 0.259. The standard InChI is InChI=1S/C18H22N4O6S/c1-3-4-9-28-17-8-5-13(10-18(17)27-2)12-20-21-15-7-6-14(29(19,25)26)11-16(15)22(23)24/h5-8,10-12,21H,3-4,9H2,1-2H3,(H2,19,25,26)/b20-12+. The Labute approximate surface area is 168 Å². The third-order valence-electron chi connectivity index (χ3n) is 3.84. The largest absolute Gasteiger partial charge is 0.493 e. The van der Waals surface area contributed by atoms with Crippen LogP contribution in [0.15, 0.2) is 46.4 Å². The number of benzene rings is 2. The molecule has 0 aromatic heterocycles. The number of nitrogens with two attached hydrogens (primary N) is 1. The molecule has 0 heterocycles. The van der Waals surface area contributed by atoms with Gasteiger partial charge in [-0.15, -0.1) is 0 Å². The van der Waals surface area contributed by atoms with Gasteiger partial charge in [0.25, 0.3) is 5.69 Å². The van der Waals surface area contributed by atoms with Crippen molar-refractivity contribution in [2.45, 2.75) is 24.7 Å². The maximum absolute atomic E-state index is 11.4. The molecular weight excluding hydrogens is 400 g/mol. The molecule has 0 aliphatic heterocycles. The maximum atomic E-state index is 11.4. The van der Waals surface area contributed by atoms with Gasteiger partial charge >= 0.3 is 0 Å². The number of hydrogen-bond acceptors (Lipinski definition) is 8. The molecule has 0 atom stereocenters. The van der Waals surface area contributed by atoms with Crippen molar-refractivity contribution in [2.75, 3.05) is 19.1 Å². The lowest BCUT2D eigenvalue weighted by Crippen LogP contribution is -2.12. The molecular formula is C18H22N4O6S. The van der Waals surface area contributed by atoms with Crippen molar-refractivity contribution in [2.24, 2.45) is 10.2 Å². The third-order valence-corrected chi connectivity index (χ3v) is 4.75. The molecule has 0 aliphatic rings. The summed E-state index contributed by atoms with van der Waals surface area (Å²) in [6, 6.07) is 8.47. The van der Waals surface area contributed by atoms with Gasteiger partial charge in [0, 0.05) is 6.07 Å². The molecule has 2 aromatic carbocycles. The molecule has 0 unspecified atom stereocenters. The fourth-order valence-electron chi connectivity index (χ4n) is 2.32. The second-order valence-corrected chi connectivity index (χ2v) is 7.52. The number of nitro groups is 1. The molecule has 10 nitrogen and oxygen atoms in total. The Bertz CT molecular complexity index is 1010. The van der Waals surface area contributed by atoms with Crippen LogP contribution in [0, 0.1) is 10.1 Å². The number of nitrogens with one attached hydrogen (secondary N) is 1. The van der Waals surface area contributed by atoms with Crippen LogP contribution >= 0.6 is 0 Å². The highest BCUT2D eigenvalue weighted by molar-refractivity contribution is 7.89. The van der Waals surface area contributed by atoms with Crippen molar-refractivity contribution in [1.82, 2.24) is 0 Å². The molecule has 0 aliphatic carbocycles. The lowest BCUT2D eigenvalue weighted by Gasteiger charge is -2.10. The molecule has 11 heteroatoms. The van der Waals surface area contributed by atoms with E-state index in [4.69, 9.17) is 14.6 Å². The summed E-state index contributed by atoms with van der Waals surface area (Å²) >= 11 is 0. The predicted octanol–water partition coefficient (Wildman–Crippen LogP) is 2.88. The minimum Gasteiger partial charge on any atom is -0.493 e. The number of nitrogens with zero attached hydrogens (tertiary/aromatic N) is 2. The van der Waals surface area contributed by atoms with E-state index in [0.717, 1.165) is 25.0 Å². The first-order chi connectivity index (χ1) is 13.8. The van der Waals surface area contributed by atoms with Gasteiger partial charge in [0.15, 0.2) is 11.5 Å². The number of ether oxygens (including phenoxy) is 2. The van der Waals surface area contributed by atoms with Gasteiger partial charge in [-0.2, -0.15) is 5.10 Å². The monoisotopic (exact) mass is 422 g/mol. The molecule has 0 saturated carbocycles. The molecule has 2 aromatic rings. The summed E-state index contributed by atoms with van der Waals surface area (Å²) in [5, 5.41) is 20.2. The fraction of sp³-hybridized carbons (Fsp3) is 0.278. The lowest BCUT2D eigenvalue weighted by atomic mass is 10.2. The number of anilines is 1. The van der Waals surface area contributed by atoms with Gasteiger partial charge in [-0.05, 0) is 42.3 Å². The number of nitro benzene ring substituents is 1. The molecule has 0 radical (unpaired) electrons. The summed E-state index contributed by atoms with van der Waals surface area (Å²) in [5.74, 6) is 1.15. The predicted molar refractivity (Wildman–Crippen MR) is 109 cm³/mol. The highest BCUT2D eigenvalue weighted by Crippen LogP contribution is 2.29. The van der Waals surface area contributed by atoms with Gasteiger partial charge in [0.2, 0.25) is 10.0 Å². The van der Waals surface area contributed by atoms with E-state index in [9.17, 15) is 18.5 Å². The Hall–Kier alpha value is -3.18. The van der Waals surface area contributed by atoms with Gasteiger partial charge in [-0.25, -0.2) is 13.6 Å². The van der Waals surface area contributed by atoms with Crippen molar-refractivity contribution in [1.29, 1.82) is 0 Å². The van der Waals surface area contributed by atoms with Crippen molar-refractivity contribution in [3.63, 3.8) is 0 Å². The summed E-state index contributed by atoms with van der Waals surface area (Å²) in [6.45, 7) is 2.65. The highest BCUT2D eigenvalue weighted by atomic mass is 32.2. The SMILES string of the molecule is CCCCOc1ccc(/C=N/Nc2ccc(S(N)(=O)=O)cc2[N+](=O)[O-])cc1OC. The van der Waals surface area contributed by atoms with Crippen LogP contribution in [0.5, 0.6) is 11.5 Å². The first-order valence-corrected chi connectivity index (χ1v) is 10.2. The second kappa shape index (κ2) is 9.85. The third kappa shape index (κ3) is 6.16. The van der Waals surface area contributed by atoms with Crippen LogP contribution in [-0.2, 0) is 10.0 Å². The van der Waals surface area contributed by atoms with Crippen LogP contribution < -0.4 is 20.0 Å². The average molecular weight is 422 g/mol. The molecule has 0 fully saturated rings. The number of rotatable bonds is 10. The van der Waals surface area contributed by atoms with Crippen molar-refractivity contribution >= 4 is 27.6 Å². The number of primary sulfonamides is 1. The zero-order valence-electron chi connectivity index (χ0n) is 16.0. The van der Waals surface area contributed by atoms with E-state index in [-0.39, 0.29) is 10.6 Å². The topological polar surface area (TPSA) is 146 Å². The Kier molecular flexibility index (Phi) is 7.51. The minimum absolute atomic E-state index is 0.0186. The molecule has 0 bridgehead atoms. The maximum Gasteiger partial charge on any atom is 0.295 e. The molecule has 29 heavy (non-hydrogen) atoms. The van der Waals surface area contributed by atoms with Gasteiger partial charge in [0.1, 0.15) is 5.69 Å². The Morgan fingerprint density at radius 1 is 1.24 bits per heavy atom. The van der Waals surface area contributed by atoms with E-state index in [0.29, 0.717) is 23.7 Å². The van der Waals surface area contributed by atoms with Gasteiger partial charge < -0.3 is 9.47 Å². The average Bonchev–Trinajstić information content (AvgIpc) is 2.68. The Morgan fingerprint density at radius 2 is 2.00 bits per heavy atom. The van der Waals surface area contributed by atoms with Crippen LogP contribution in [0.25, 0.3) is 0 Å². The van der Waals surface area contributed by atoms with Gasteiger partial charge in [0.05, 0.1) is 29.8 Å². The summed E-state index contributed by atoms with van der Waals surface area (Å²) in [6.07, 6.45) is 3.39. The van der Waals surface area contributed by atoms with E-state index in [1.165, 1.54) is 19.4 Å². The van der Waals surface area contributed by atoms with E-state index >= 15 is 0 Å². The van der Waals surface area contributed by atoms with Gasteiger partial charge in [-0.3, -0.25) is 15.5 Å². The van der Waals surface area contributed by atoms with Crippen LogP contribution in [-0.4, -0.2) is 33.3 Å². The van der Waals surface area contributed by atoms with E-state index in [2.05, 4.69) is 17.5 Å². The number of hydrazone groups is 1. The number of hydrogen-bond donors (Lipinski definition) is 2. The van der Waals surface area contributed by atoms with E-state index in [1.54, 1.807) is 18.2 Å². The zero-order chi connectivity index (χ0) is 21.4. The second-order valence-electron chi connectivity index (χ2n) is 5.96. The number of unbranched alkanes of at least 4 members (excludes halogenated alkanes) is 1. The smallest absolute Gasteiger partial charge is 0.295 e. The minimum atomic E-state index is -4.06. The van der Waals surface area contributed by atoms with E-state index in [1.807, 2.05) is 0 Å². The molecule has 0 amide bonds. The molecule has 3 N–H and O–H groups in total. The van der Waals surface area contributed by atoms with Crippen LogP contribution in [0.3, 0.4) is 0 Å². The molecule has 2 rings (SSSR count). The Balaban J connectivity index is 2.18. The van der Waals surface area contributed by atoms with Crippen LogP contribution in [0.1, 0.15) is 25.3 Å². The lowest BCUT2D eigenvalue weighted by molar-refractivity contribution is -0.384. The fourth-order valence-corrected chi connectivity index (χ4v) is 2.85. The first kappa shape index (κ1) is 22.1. The molecule has 156 valence electrons. The normalized spacial score (nSPS) is 11.4. The first-order valence-electron chi connectivity index (χ1n) is 8.67. The summed E-state index contributed by atoms with van der Waals surface area (Å²) in [4.78, 5) is 10.1. The summed E-state index contributed by atoms with van der Waals surface area (Å²) < 4.78 is 33.7. The zero-order valence-corrected chi connectivity index (χ0v) is 16.8. The van der Waals surface area contributed by atoms with Crippen LogP contribution in [0.4, 0.5) is 11.4 Å². The molecule has 0 spiro atoms. The summed E-state index contributed by atoms with van der Waals surface area (Å²) in [7, 11) is -2.53. The van der Waals surface area contributed by atoms with Crippen molar-refractivity contribution in [3.05, 3.63) is 52.1 Å². The summed E-state index contributed by atoms with van der Waals surface area (Å²) in [5.41, 5.74) is 2.76. The number of sulfonamides is 1. The van der Waals surface area contributed by atoms with Crippen molar-refractivity contribution < 1.29 is 22.8 Å². The Morgan fingerprint density at radius 3 is 2.62 bits per heavy atom. The van der Waals surface area contributed by atoms with Crippen molar-refractivity contribution in [3.8, 4) is 11.5 Å². The van der Waals surface area contributed by atoms with Gasteiger partial charge in [-0.1, -0.05) is 13.3 Å². The number of methoxy groups -OCH3 is 1. The van der Waals surface area contributed by atoms with E-state index < -0.39 is 20.6 Å². The molecule has 0 saturated heterocycles. The highest BCUT2D eigenvalue weighted by Gasteiger charge is 2.18. The van der Waals surface area contributed by atoms with Crippen LogP contribution in [0.2, 0.25) is 0 Å².